The van der Waals surface area contributed by atoms with Gasteiger partial charge >= 0.3 is 0 Å². The van der Waals surface area contributed by atoms with E-state index in [-0.39, 0.29) is 6.10 Å². The van der Waals surface area contributed by atoms with Crippen LogP contribution >= 0.6 is 11.6 Å². The molecule has 1 saturated heterocycles. The third-order valence-electron chi connectivity index (χ3n) is 2.90. The summed E-state index contributed by atoms with van der Waals surface area (Å²) in [5, 5.41) is 13.4. The molecule has 3 nitrogen and oxygen atoms in total. The van der Waals surface area contributed by atoms with Crippen molar-refractivity contribution in [3.05, 3.63) is 28.8 Å². The van der Waals surface area contributed by atoms with E-state index in [0.29, 0.717) is 6.54 Å². The lowest BCUT2D eigenvalue weighted by atomic mass is 10.2. The topological polar surface area (TPSA) is 35.5 Å². The molecule has 0 bridgehead atoms. The molecule has 88 valence electrons. The zero-order valence-electron chi connectivity index (χ0n) is 9.41. The Balaban J connectivity index is 2.16. The summed E-state index contributed by atoms with van der Waals surface area (Å²) in [5.74, 6) is 0. The van der Waals surface area contributed by atoms with Crippen LogP contribution in [0.2, 0.25) is 5.02 Å². The molecule has 0 saturated carbocycles. The maximum Gasteiger partial charge on any atom is 0.0731 e. The second-order valence-corrected chi connectivity index (χ2v) is 4.61. The van der Waals surface area contributed by atoms with Crippen molar-refractivity contribution in [2.24, 2.45) is 0 Å². The number of benzene rings is 1. The minimum absolute atomic E-state index is 0.215. The van der Waals surface area contributed by atoms with Crippen molar-refractivity contribution in [1.29, 1.82) is 0 Å². The molecule has 2 N–H and O–H groups in total. The van der Waals surface area contributed by atoms with Gasteiger partial charge in [0, 0.05) is 19.6 Å². The number of nitrogens with one attached hydrogen (secondary N) is 1. The van der Waals surface area contributed by atoms with Crippen molar-refractivity contribution in [3.63, 3.8) is 0 Å². The van der Waals surface area contributed by atoms with Gasteiger partial charge in [-0.15, -0.1) is 0 Å². The van der Waals surface area contributed by atoms with Crippen LogP contribution in [0.4, 0.5) is 5.69 Å². The van der Waals surface area contributed by atoms with Crippen molar-refractivity contribution in [1.82, 2.24) is 5.32 Å². The van der Waals surface area contributed by atoms with Gasteiger partial charge in [-0.3, -0.25) is 0 Å². The number of hydrogen-bond acceptors (Lipinski definition) is 3. The summed E-state index contributed by atoms with van der Waals surface area (Å²) in [6.45, 7) is 2.39. The summed E-state index contributed by atoms with van der Waals surface area (Å²) in [6.07, 6.45) is 0.613. The predicted molar refractivity (Wildman–Crippen MR) is 67.1 cm³/mol. The van der Waals surface area contributed by atoms with Gasteiger partial charge in [0.05, 0.1) is 16.8 Å². The molecule has 1 aromatic rings. The zero-order valence-corrected chi connectivity index (χ0v) is 10.2. The van der Waals surface area contributed by atoms with Gasteiger partial charge in [-0.05, 0) is 31.2 Å². The lowest BCUT2D eigenvalue weighted by Crippen LogP contribution is -2.21. The van der Waals surface area contributed by atoms with Crippen molar-refractivity contribution in [2.45, 2.75) is 19.1 Å². The highest BCUT2D eigenvalue weighted by Crippen LogP contribution is 2.29. The molecule has 0 radical (unpaired) electrons. The van der Waals surface area contributed by atoms with E-state index in [9.17, 15) is 5.11 Å². The monoisotopic (exact) mass is 240 g/mol. The highest BCUT2D eigenvalue weighted by atomic mass is 35.5. The third kappa shape index (κ3) is 2.48. The third-order valence-corrected chi connectivity index (χ3v) is 3.20. The van der Waals surface area contributed by atoms with Gasteiger partial charge in [0.1, 0.15) is 0 Å². The minimum Gasteiger partial charge on any atom is -0.391 e. The van der Waals surface area contributed by atoms with Crippen LogP contribution in [-0.4, -0.2) is 31.3 Å². The molecule has 1 aliphatic heterocycles. The number of anilines is 1. The molecule has 1 unspecified atom stereocenters. The first-order chi connectivity index (χ1) is 7.70. The Bertz CT molecular complexity index is 370. The molecule has 16 heavy (non-hydrogen) atoms. The predicted octanol–water partition coefficient (Wildman–Crippen LogP) is 1.63. The van der Waals surface area contributed by atoms with Gasteiger partial charge in [-0.1, -0.05) is 17.7 Å². The molecule has 1 heterocycles. The average Bonchev–Trinajstić information content (AvgIpc) is 2.65. The Hall–Kier alpha value is -0.770. The van der Waals surface area contributed by atoms with Crippen molar-refractivity contribution >= 4 is 17.3 Å². The summed E-state index contributed by atoms with van der Waals surface area (Å²) in [4.78, 5) is 2.14. The van der Waals surface area contributed by atoms with Crippen molar-refractivity contribution in [2.75, 3.05) is 25.0 Å². The fourth-order valence-electron chi connectivity index (χ4n) is 2.08. The summed E-state index contributed by atoms with van der Waals surface area (Å²) in [7, 11) is 1.92. The van der Waals surface area contributed by atoms with Crippen LogP contribution in [0.1, 0.15) is 12.0 Å². The standard InChI is InChI=1S/C12H17ClN2O/c1-14-7-9-2-3-12(11(13)6-9)15-5-4-10(16)8-15/h2-3,6,10,14,16H,4-5,7-8H2,1H3. The molecule has 0 amide bonds. The molecule has 0 aliphatic carbocycles. The van der Waals surface area contributed by atoms with Crippen LogP contribution in [0.3, 0.4) is 0 Å². The van der Waals surface area contributed by atoms with Crippen LogP contribution in [0, 0.1) is 0 Å². The molecular weight excluding hydrogens is 224 g/mol. The summed E-state index contributed by atoms with van der Waals surface area (Å²) < 4.78 is 0. The Kier molecular flexibility index (Phi) is 3.69. The first kappa shape index (κ1) is 11.7. The average molecular weight is 241 g/mol. The number of aliphatic hydroxyl groups is 1. The number of hydrogen-bond donors (Lipinski definition) is 2. The molecular formula is C12H17ClN2O. The van der Waals surface area contributed by atoms with Gasteiger partial charge in [0.15, 0.2) is 0 Å². The van der Waals surface area contributed by atoms with Gasteiger partial charge < -0.3 is 15.3 Å². The van der Waals surface area contributed by atoms with Crippen LogP contribution in [-0.2, 0) is 6.54 Å². The fraction of sp³-hybridized carbons (Fsp3) is 0.500. The lowest BCUT2D eigenvalue weighted by Gasteiger charge is -2.19. The Morgan fingerprint density at radius 2 is 2.38 bits per heavy atom. The van der Waals surface area contributed by atoms with Gasteiger partial charge in [-0.25, -0.2) is 0 Å². The largest absolute Gasteiger partial charge is 0.391 e. The quantitative estimate of drug-likeness (QED) is 0.843. The van der Waals surface area contributed by atoms with Crippen molar-refractivity contribution < 1.29 is 5.11 Å². The second-order valence-electron chi connectivity index (χ2n) is 4.20. The Morgan fingerprint density at radius 1 is 1.56 bits per heavy atom. The Morgan fingerprint density at radius 3 is 2.94 bits per heavy atom. The number of aliphatic hydroxyl groups excluding tert-OH is 1. The van der Waals surface area contributed by atoms with Crippen LogP contribution in [0.5, 0.6) is 0 Å². The molecule has 0 spiro atoms. The molecule has 0 aromatic heterocycles. The maximum absolute atomic E-state index is 9.50. The maximum atomic E-state index is 9.50. The zero-order chi connectivity index (χ0) is 11.5. The summed E-state index contributed by atoms with van der Waals surface area (Å²) >= 11 is 6.24. The molecule has 2 rings (SSSR count). The minimum atomic E-state index is -0.215. The highest BCUT2D eigenvalue weighted by molar-refractivity contribution is 6.33. The number of nitrogens with zero attached hydrogens (tertiary/aromatic N) is 1. The van der Waals surface area contributed by atoms with Crippen LogP contribution < -0.4 is 10.2 Å². The van der Waals surface area contributed by atoms with E-state index in [1.807, 2.05) is 19.2 Å². The van der Waals surface area contributed by atoms with E-state index < -0.39 is 0 Å². The van der Waals surface area contributed by atoms with Gasteiger partial charge in [0.25, 0.3) is 0 Å². The summed E-state index contributed by atoms with van der Waals surface area (Å²) in [5.41, 5.74) is 2.20. The molecule has 1 aliphatic rings. The SMILES string of the molecule is CNCc1ccc(N2CCC(O)C2)c(Cl)c1. The smallest absolute Gasteiger partial charge is 0.0731 e. The van der Waals surface area contributed by atoms with E-state index in [4.69, 9.17) is 11.6 Å². The number of halogens is 1. The molecule has 4 heteroatoms. The van der Waals surface area contributed by atoms with E-state index in [2.05, 4.69) is 16.3 Å². The fourth-order valence-corrected chi connectivity index (χ4v) is 2.40. The van der Waals surface area contributed by atoms with Gasteiger partial charge in [-0.2, -0.15) is 0 Å². The van der Waals surface area contributed by atoms with Gasteiger partial charge in [0.2, 0.25) is 0 Å². The first-order valence-electron chi connectivity index (χ1n) is 5.56. The highest BCUT2D eigenvalue weighted by Gasteiger charge is 2.21. The van der Waals surface area contributed by atoms with Crippen molar-refractivity contribution in [3.8, 4) is 0 Å². The van der Waals surface area contributed by atoms with E-state index in [1.54, 1.807) is 0 Å². The Labute approximate surface area is 101 Å². The molecule has 1 atom stereocenters. The normalized spacial score (nSPS) is 20.4. The van der Waals surface area contributed by atoms with Crippen LogP contribution in [0.25, 0.3) is 0 Å². The summed E-state index contributed by atoms with van der Waals surface area (Å²) in [6, 6.07) is 6.09. The van der Waals surface area contributed by atoms with E-state index >= 15 is 0 Å². The lowest BCUT2D eigenvalue weighted by molar-refractivity contribution is 0.198. The number of β-amino-alcohol motifs (C(OH)–C–C–N with tert-alkyl or cyclic N) is 1. The van der Waals surface area contributed by atoms with E-state index in [0.717, 1.165) is 30.2 Å². The second kappa shape index (κ2) is 5.04. The van der Waals surface area contributed by atoms with E-state index in [1.165, 1.54) is 5.56 Å². The molecule has 1 aromatic carbocycles. The van der Waals surface area contributed by atoms with Crippen LogP contribution in [0.15, 0.2) is 18.2 Å². The number of rotatable bonds is 3. The molecule has 1 fully saturated rings. The first-order valence-corrected chi connectivity index (χ1v) is 5.94.